The van der Waals surface area contributed by atoms with Crippen molar-refractivity contribution in [3.63, 3.8) is 0 Å². The Morgan fingerprint density at radius 2 is 1.69 bits per heavy atom. The first kappa shape index (κ1) is 27.2. The molecule has 2 aliphatic heterocycles. The zero-order valence-electron chi connectivity index (χ0n) is 20.0. The zero-order valence-corrected chi connectivity index (χ0v) is 23.0. The van der Waals surface area contributed by atoms with Gasteiger partial charge in [0.2, 0.25) is 26.6 Å². The summed E-state index contributed by atoms with van der Waals surface area (Å²) in [7, 11) is -4.40. The van der Waals surface area contributed by atoms with Gasteiger partial charge in [-0.25, -0.2) is 8.42 Å². The van der Waals surface area contributed by atoms with Crippen LogP contribution in [0.25, 0.3) is 0 Å². The summed E-state index contributed by atoms with van der Waals surface area (Å²) < 4.78 is 28.7. The van der Waals surface area contributed by atoms with Crippen LogP contribution >= 0.6 is 34.8 Å². The van der Waals surface area contributed by atoms with E-state index in [-0.39, 0.29) is 46.4 Å². The summed E-state index contributed by atoms with van der Waals surface area (Å²) in [6.07, 6.45) is 0.0638. The van der Waals surface area contributed by atoms with Gasteiger partial charge in [0.1, 0.15) is 11.6 Å². The number of sulfone groups is 1. The molecule has 12 heteroatoms. The van der Waals surface area contributed by atoms with Crippen LogP contribution in [0.3, 0.4) is 0 Å². The molecule has 2 amide bonds. The third kappa shape index (κ3) is 4.40. The number of fused-ring (bicyclic) bond motifs is 1. The number of amides is 2. The van der Waals surface area contributed by atoms with Crippen LogP contribution in [-0.4, -0.2) is 65.7 Å². The minimum atomic E-state index is -4.40. The first-order chi connectivity index (χ1) is 16.7. The molecule has 0 aliphatic carbocycles. The van der Waals surface area contributed by atoms with Crippen molar-refractivity contribution in [2.75, 3.05) is 13.1 Å². The predicted octanol–water partition coefficient (Wildman–Crippen LogP) is 3.09. The molecule has 36 heavy (non-hydrogen) atoms. The van der Waals surface area contributed by atoms with E-state index >= 15 is 0 Å². The Bertz CT molecular complexity index is 1320. The molecule has 2 aromatic carbocycles. The molecule has 0 spiro atoms. The molecule has 2 saturated heterocycles. The molecule has 3 N–H and O–H groups in total. The molecule has 2 fully saturated rings. The van der Waals surface area contributed by atoms with Gasteiger partial charge in [-0.2, -0.15) is 0 Å². The molecule has 4 rings (SSSR count). The molecule has 3 atom stereocenters. The van der Waals surface area contributed by atoms with Crippen molar-refractivity contribution in [3.05, 3.63) is 63.1 Å². The fraction of sp³-hybridized carbons (Fsp3) is 0.417. The van der Waals surface area contributed by atoms with E-state index < -0.39 is 32.3 Å². The number of halogens is 3. The topological polar surface area (TPSA) is 113 Å². The number of carbonyl (C=O) groups is 2. The van der Waals surface area contributed by atoms with Crippen molar-refractivity contribution < 1.29 is 18.0 Å². The average Bonchev–Trinajstić information content (AvgIpc) is 2.79. The van der Waals surface area contributed by atoms with Crippen LogP contribution in [0.1, 0.15) is 26.3 Å². The summed E-state index contributed by atoms with van der Waals surface area (Å²) in [4.78, 5) is 28.0. The Morgan fingerprint density at radius 3 is 2.28 bits per heavy atom. The summed E-state index contributed by atoms with van der Waals surface area (Å²) in [5.74, 6) is -1.02. The Morgan fingerprint density at radius 1 is 1.08 bits per heavy atom. The predicted molar refractivity (Wildman–Crippen MR) is 140 cm³/mol. The quantitative estimate of drug-likeness (QED) is 0.569. The van der Waals surface area contributed by atoms with Gasteiger partial charge in [-0.05, 0) is 56.7 Å². The minimum Gasteiger partial charge on any atom is -0.334 e. The van der Waals surface area contributed by atoms with Crippen molar-refractivity contribution in [1.29, 1.82) is 0 Å². The molecular formula is C24H27Cl3N4O4S. The van der Waals surface area contributed by atoms with Gasteiger partial charge in [0.25, 0.3) is 0 Å². The fourth-order valence-corrected chi connectivity index (χ4v) is 7.51. The van der Waals surface area contributed by atoms with Crippen LogP contribution in [0.2, 0.25) is 15.1 Å². The number of nitrogens with two attached hydrogens (primary N) is 1. The van der Waals surface area contributed by atoms with Crippen molar-refractivity contribution >= 4 is 56.5 Å². The fourth-order valence-electron chi connectivity index (χ4n) is 4.70. The third-order valence-corrected chi connectivity index (χ3v) is 9.89. The molecule has 2 heterocycles. The Kier molecular flexibility index (Phi) is 7.13. The van der Waals surface area contributed by atoms with Crippen molar-refractivity contribution in [2.45, 2.75) is 54.7 Å². The first-order valence-electron chi connectivity index (χ1n) is 11.3. The molecule has 0 aromatic heterocycles. The van der Waals surface area contributed by atoms with Crippen molar-refractivity contribution in [2.24, 2.45) is 5.73 Å². The van der Waals surface area contributed by atoms with E-state index in [1.165, 1.54) is 30.0 Å². The molecule has 2 aromatic rings. The monoisotopic (exact) mass is 572 g/mol. The smallest absolute Gasteiger partial charge is 0.246 e. The maximum atomic E-state index is 14.4. The lowest BCUT2D eigenvalue weighted by Crippen LogP contribution is -2.85. The van der Waals surface area contributed by atoms with E-state index in [1.54, 1.807) is 38.1 Å². The maximum Gasteiger partial charge on any atom is 0.246 e. The molecule has 0 bridgehead atoms. The van der Waals surface area contributed by atoms with Crippen LogP contribution in [0.5, 0.6) is 0 Å². The largest absolute Gasteiger partial charge is 0.334 e. The van der Waals surface area contributed by atoms with Crippen LogP contribution in [0, 0.1) is 0 Å². The van der Waals surface area contributed by atoms with E-state index in [1.807, 2.05) is 0 Å². The lowest BCUT2D eigenvalue weighted by molar-refractivity contribution is -0.169. The summed E-state index contributed by atoms with van der Waals surface area (Å²) in [6.45, 7) is 4.66. The molecular weight excluding hydrogens is 547 g/mol. The van der Waals surface area contributed by atoms with E-state index in [0.29, 0.717) is 10.6 Å². The molecule has 0 radical (unpaired) electrons. The average molecular weight is 574 g/mol. The van der Waals surface area contributed by atoms with Gasteiger partial charge < -0.3 is 10.6 Å². The second kappa shape index (κ2) is 9.45. The van der Waals surface area contributed by atoms with Crippen LogP contribution in [-0.2, 0) is 25.8 Å². The number of piperazine rings is 1. The van der Waals surface area contributed by atoms with Gasteiger partial charge in [0, 0.05) is 29.1 Å². The summed E-state index contributed by atoms with van der Waals surface area (Å²) in [6, 6.07) is 9.37. The molecule has 194 valence electrons. The Hall–Kier alpha value is -1.88. The summed E-state index contributed by atoms with van der Waals surface area (Å²) in [5.41, 5.74) is 5.56. The summed E-state index contributed by atoms with van der Waals surface area (Å²) in [5, 5.41) is 3.74. The second-order valence-electron chi connectivity index (χ2n) is 9.72. The van der Waals surface area contributed by atoms with Crippen molar-refractivity contribution in [3.8, 4) is 0 Å². The van der Waals surface area contributed by atoms with Crippen LogP contribution in [0.4, 0.5) is 0 Å². The second-order valence-corrected chi connectivity index (χ2v) is 13.1. The number of nitrogens with one attached hydrogen (secondary N) is 1. The number of carbonyl (C=O) groups excluding carboxylic acids is 2. The van der Waals surface area contributed by atoms with Crippen molar-refractivity contribution in [1.82, 2.24) is 15.1 Å². The van der Waals surface area contributed by atoms with E-state index in [9.17, 15) is 18.0 Å². The molecule has 2 aliphatic rings. The number of nitrogens with zero attached hydrogens (tertiary/aromatic N) is 2. The van der Waals surface area contributed by atoms with Gasteiger partial charge in [0.05, 0.1) is 16.5 Å². The first-order valence-corrected chi connectivity index (χ1v) is 14.0. The van der Waals surface area contributed by atoms with Crippen LogP contribution < -0.4 is 11.1 Å². The van der Waals surface area contributed by atoms with Gasteiger partial charge in [-0.3, -0.25) is 19.8 Å². The zero-order chi connectivity index (χ0) is 26.6. The lowest BCUT2D eigenvalue weighted by atomic mass is 9.91. The highest BCUT2D eigenvalue weighted by Gasteiger charge is 2.65. The highest BCUT2D eigenvalue weighted by atomic mass is 35.5. The van der Waals surface area contributed by atoms with Crippen LogP contribution in [0.15, 0.2) is 47.4 Å². The number of hydrogen-bond acceptors (Lipinski definition) is 6. The minimum absolute atomic E-state index is 0.0638. The molecule has 8 nitrogen and oxygen atoms in total. The van der Waals surface area contributed by atoms with E-state index in [4.69, 9.17) is 40.5 Å². The number of benzene rings is 2. The lowest BCUT2D eigenvalue weighted by Gasteiger charge is -2.58. The molecule has 0 saturated carbocycles. The Labute approximate surface area is 225 Å². The maximum absolute atomic E-state index is 14.4. The van der Waals surface area contributed by atoms with Gasteiger partial charge in [-0.1, -0.05) is 46.9 Å². The number of hydrogen-bond donors (Lipinski definition) is 2. The standard InChI is InChI=1S/C24H27Cl3N4O4S/c1-14(2)30-13-24(36(34,35)20-9-8-17(26)11-18(20)27)29-12-23(3,28)22(33)31(24)19(21(30)32)10-15-4-6-16(25)7-5-15/h4-9,11,14,19,29H,10,12-13,28H2,1-3H3. The molecule has 3 unspecified atom stereocenters. The van der Waals surface area contributed by atoms with Gasteiger partial charge in [0.15, 0.2) is 0 Å². The highest BCUT2D eigenvalue weighted by molar-refractivity contribution is 7.93. The van der Waals surface area contributed by atoms with Gasteiger partial charge >= 0.3 is 0 Å². The SMILES string of the molecule is CC(C)N1CC2(S(=O)(=O)c3ccc(Cl)cc3Cl)NCC(C)(N)C(=O)N2C(Cc2ccc(Cl)cc2)C1=O. The van der Waals surface area contributed by atoms with Gasteiger partial charge in [-0.15, -0.1) is 0 Å². The number of rotatable bonds is 5. The third-order valence-electron chi connectivity index (χ3n) is 6.69. The summed E-state index contributed by atoms with van der Waals surface area (Å²) >= 11 is 18.4. The highest BCUT2D eigenvalue weighted by Crippen LogP contribution is 2.41. The van der Waals surface area contributed by atoms with E-state index in [0.717, 1.165) is 4.90 Å². The normalized spacial score (nSPS) is 26.9. The Balaban J connectivity index is 1.95. The van der Waals surface area contributed by atoms with E-state index in [2.05, 4.69) is 5.32 Å².